The molecule has 8 heteroatoms. The van der Waals surface area contributed by atoms with Gasteiger partial charge < -0.3 is 35.6 Å². The molecule has 0 aromatic carbocycles. The number of amides is 1. The molecule has 1 aliphatic rings. The van der Waals surface area contributed by atoms with Gasteiger partial charge in [0.05, 0.1) is 6.61 Å². The largest absolute Gasteiger partial charge is 0.417 e. The molecule has 0 aromatic rings. The molecule has 5 atom stereocenters. The topological polar surface area (TPSA) is 142 Å². The third-order valence-electron chi connectivity index (χ3n) is 2.06. The highest BCUT2D eigenvalue weighted by atomic mass is 16.7. The van der Waals surface area contributed by atoms with E-state index in [1.54, 1.807) is 0 Å². The molecular formula is C7H13NO7. The SMILES string of the molecule is NC(=O)O[C@H]1O[C@H]([C@H](O)CO)[C@H](O)[C@H]1O. The van der Waals surface area contributed by atoms with E-state index >= 15 is 0 Å². The minimum atomic E-state index is -1.51. The van der Waals surface area contributed by atoms with E-state index in [2.05, 4.69) is 10.5 Å². The van der Waals surface area contributed by atoms with Gasteiger partial charge in [-0.25, -0.2) is 4.79 Å². The molecule has 1 fully saturated rings. The number of aliphatic hydroxyl groups is 4. The zero-order valence-corrected chi connectivity index (χ0v) is 7.68. The van der Waals surface area contributed by atoms with Crippen LogP contribution in [0.25, 0.3) is 0 Å². The Balaban J connectivity index is 2.62. The molecule has 15 heavy (non-hydrogen) atoms. The lowest BCUT2D eigenvalue weighted by Gasteiger charge is -2.18. The van der Waals surface area contributed by atoms with E-state index in [0.717, 1.165) is 0 Å². The molecule has 0 unspecified atom stereocenters. The molecule has 0 saturated carbocycles. The van der Waals surface area contributed by atoms with Gasteiger partial charge in [-0.2, -0.15) is 0 Å². The van der Waals surface area contributed by atoms with Gasteiger partial charge in [0.25, 0.3) is 0 Å². The van der Waals surface area contributed by atoms with Crippen LogP contribution in [0.3, 0.4) is 0 Å². The van der Waals surface area contributed by atoms with Gasteiger partial charge in [-0.3, -0.25) is 0 Å². The van der Waals surface area contributed by atoms with Crippen molar-refractivity contribution in [3.8, 4) is 0 Å². The number of ether oxygens (including phenoxy) is 2. The van der Waals surface area contributed by atoms with Crippen molar-refractivity contribution in [2.24, 2.45) is 5.73 Å². The van der Waals surface area contributed by atoms with Crippen molar-refractivity contribution in [1.29, 1.82) is 0 Å². The third kappa shape index (κ3) is 2.55. The Labute approximate surface area is 84.8 Å². The highest BCUT2D eigenvalue weighted by molar-refractivity contribution is 5.64. The van der Waals surface area contributed by atoms with Crippen LogP contribution in [0.5, 0.6) is 0 Å². The fraction of sp³-hybridized carbons (Fsp3) is 0.857. The average Bonchev–Trinajstić information content (AvgIpc) is 2.44. The van der Waals surface area contributed by atoms with Crippen LogP contribution in [0.4, 0.5) is 4.79 Å². The molecule has 6 N–H and O–H groups in total. The van der Waals surface area contributed by atoms with Crippen molar-refractivity contribution >= 4 is 6.09 Å². The van der Waals surface area contributed by atoms with Gasteiger partial charge in [0.1, 0.15) is 24.4 Å². The molecular weight excluding hydrogens is 210 g/mol. The first-order valence-electron chi connectivity index (χ1n) is 4.24. The quantitative estimate of drug-likeness (QED) is 0.340. The van der Waals surface area contributed by atoms with Gasteiger partial charge in [0.2, 0.25) is 6.29 Å². The Morgan fingerprint density at radius 2 is 2.07 bits per heavy atom. The molecule has 0 bridgehead atoms. The molecule has 0 radical (unpaired) electrons. The Hall–Kier alpha value is -0.930. The molecule has 0 aromatic heterocycles. The van der Waals surface area contributed by atoms with Crippen molar-refractivity contribution in [3.63, 3.8) is 0 Å². The fourth-order valence-electron chi connectivity index (χ4n) is 1.31. The van der Waals surface area contributed by atoms with Crippen LogP contribution in [0.1, 0.15) is 0 Å². The highest BCUT2D eigenvalue weighted by Gasteiger charge is 2.47. The number of carbonyl (C=O) groups excluding carboxylic acids is 1. The number of rotatable bonds is 3. The summed E-state index contributed by atoms with van der Waals surface area (Å²) >= 11 is 0. The lowest BCUT2D eigenvalue weighted by Crippen LogP contribution is -2.40. The summed E-state index contributed by atoms with van der Waals surface area (Å²) in [7, 11) is 0. The van der Waals surface area contributed by atoms with Crippen LogP contribution >= 0.6 is 0 Å². The lowest BCUT2D eigenvalue weighted by molar-refractivity contribution is -0.150. The lowest BCUT2D eigenvalue weighted by atomic mass is 10.1. The Morgan fingerprint density at radius 3 is 2.53 bits per heavy atom. The molecule has 88 valence electrons. The van der Waals surface area contributed by atoms with Gasteiger partial charge in [-0.15, -0.1) is 0 Å². The zero-order valence-electron chi connectivity index (χ0n) is 7.68. The van der Waals surface area contributed by atoms with E-state index in [1.807, 2.05) is 0 Å². The number of carbonyl (C=O) groups is 1. The summed E-state index contributed by atoms with van der Waals surface area (Å²) in [5, 5.41) is 36.5. The van der Waals surface area contributed by atoms with Crippen LogP contribution in [0.15, 0.2) is 0 Å². The first kappa shape index (κ1) is 12.1. The van der Waals surface area contributed by atoms with Crippen molar-refractivity contribution < 1.29 is 34.7 Å². The summed E-state index contributed by atoms with van der Waals surface area (Å²) in [6.45, 7) is -0.655. The van der Waals surface area contributed by atoms with E-state index in [4.69, 9.17) is 9.84 Å². The molecule has 1 amide bonds. The molecule has 1 saturated heterocycles. The van der Waals surface area contributed by atoms with Crippen LogP contribution in [-0.4, -0.2) is 63.8 Å². The second-order valence-electron chi connectivity index (χ2n) is 3.14. The first-order valence-corrected chi connectivity index (χ1v) is 4.24. The van der Waals surface area contributed by atoms with Gasteiger partial charge in [0, 0.05) is 0 Å². The predicted octanol–water partition coefficient (Wildman–Crippen LogP) is -3.12. The van der Waals surface area contributed by atoms with Gasteiger partial charge in [0.15, 0.2) is 0 Å². The summed E-state index contributed by atoms with van der Waals surface area (Å²) in [5.74, 6) is 0. The zero-order chi connectivity index (χ0) is 11.6. The minimum absolute atomic E-state index is 0.655. The van der Waals surface area contributed by atoms with Crippen LogP contribution < -0.4 is 5.73 Å². The van der Waals surface area contributed by atoms with E-state index in [1.165, 1.54) is 0 Å². The molecule has 0 aliphatic carbocycles. The van der Waals surface area contributed by atoms with E-state index in [9.17, 15) is 20.1 Å². The standard InChI is InChI=1S/C7H13NO7/c8-7(13)15-6-4(12)3(11)5(14-6)2(10)1-9/h2-6,9-12H,1H2,(H2,8,13)/t2-,3-,4-,5-,6-/m1/s1. The van der Waals surface area contributed by atoms with Crippen LogP contribution in [0, 0.1) is 0 Å². The Kier molecular flexibility index (Phi) is 3.83. The smallest absolute Gasteiger partial charge is 0.406 e. The number of nitrogens with two attached hydrogens (primary N) is 1. The number of primary amides is 1. The third-order valence-corrected chi connectivity index (χ3v) is 2.06. The summed E-state index contributed by atoms with van der Waals surface area (Å²) in [5.41, 5.74) is 4.69. The Bertz CT molecular complexity index is 235. The van der Waals surface area contributed by atoms with Crippen LogP contribution in [0.2, 0.25) is 0 Å². The van der Waals surface area contributed by atoms with Gasteiger partial charge in [-0.05, 0) is 0 Å². The molecule has 1 aliphatic heterocycles. The fourth-order valence-corrected chi connectivity index (χ4v) is 1.31. The normalized spacial score (nSPS) is 37.6. The Morgan fingerprint density at radius 1 is 1.47 bits per heavy atom. The van der Waals surface area contributed by atoms with Crippen molar-refractivity contribution in [2.45, 2.75) is 30.7 Å². The summed E-state index contributed by atoms with van der Waals surface area (Å²) < 4.78 is 9.15. The maximum absolute atomic E-state index is 10.4. The first-order chi connectivity index (χ1) is 6.97. The molecule has 8 nitrogen and oxygen atoms in total. The second-order valence-corrected chi connectivity index (χ2v) is 3.14. The van der Waals surface area contributed by atoms with Gasteiger partial charge in [-0.1, -0.05) is 0 Å². The van der Waals surface area contributed by atoms with Crippen molar-refractivity contribution in [3.05, 3.63) is 0 Å². The van der Waals surface area contributed by atoms with E-state index < -0.39 is 43.4 Å². The van der Waals surface area contributed by atoms with Crippen molar-refractivity contribution in [1.82, 2.24) is 0 Å². The predicted molar refractivity (Wildman–Crippen MR) is 44.4 cm³/mol. The molecule has 1 rings (SSSR count). The average molecular weight is 223 g/mol. The highest BCUT2D eigenvalue weighted by Crippen LogP contribution is 2.24. The summed E-state index contributed by atoms with van der Waals surface area (Å²) in [4.78, 5) is 10.4. The monoisotopic (exact) mass is 223 g/mol. The summed E-state index contributed by atoms with van der Waals surface area (Å²) in [6.07, 6.45) is -8.19. The van der Waals surface area contributed by atoms with Crippen LogP contribution in [-0.2, 0) is 9.47 Å². The number of hydrogen-bond donors (Lipinski definition) is 5. The maximum atomic E-state index is 10.4. The molecule has 1 heterocycles. The summed E-state index contributed by atoms with van der Waals surface area (Å²) in [6, 6.07) is 0. The second kappa shape index (κ2) is 4.73. The maximum Gasteiger partial charge on any atom is 0.406 e. The van der Waals surface area contributed by atoms with Crippen molar-refractivity contribution in [2.75, 3.05) is 6.61 Å². The number of aliphatic hydroxyl groups excluding tert-OH is 4. The van der Waals surface area contributed by atoms with Gasteiger partial charge >= 0.3 is 6.09 Å². The van der Waals surface area contributed by atoms with E-state index in [0.29, 0.717) is 0 Å². The number of hydrogen-bond acceptors (Lipinski definition) is 7. The molecule has 0 spiro atoms. The minimum Gasteiger partial charge on any atom is -0.417 e. The van der Waals surface area contributed by atoms with E-state index in [-0.39, 0.29) is 0 Å².